The molecule has 7 heteroatoms. The van der Waals surface area contributed by atoms with Gasteiger partial charge in [0.15, 0.2) is 5.11 Å². The lowest BCUT2D eigenvalue weighted by atomic mass is 10.1. The molecule has 0 saturated carbocycles. The van der Waals surface area contributed by atoms with E-state index in [9.17, 15) is 9.59 Å². The summed E-state index contributed by atoms with van der Waals surface area (Å²) >= 11 is 5.19. The van der Waals surface area contributed by atoms with Crippen molar-refractivity contribution in [3.8, 4) is 0 Å². The lowest BCUT2D eigenvalue weighted by Gasteiger charge is -2.11. The number of rotatable bonds is 5. The van der Waals surface area contributed by atoms with Gasteiger partial charge in [-0.15, -0.1) is 0 Å². The number of anilines is 1. The average Bonchev–Trinajstić information content (AvgIpc) is 3.20. The predicted molar refractivity (Wildman–Crippen MR) is 111 cm³/mol. The topological polar surface area (TPSA) is 83.4 Å². The summed E-state index contributed by atoms with van der Waals surface area (Å²) in [5.74, 6) is 0.198. The van der Waals surface area contributed by atoms with Crippen molar-refractivity contribution in [3.05, 3.63) is 89.4 Å². The highest BCUT2D eigenvalue weighted by molar-refractivity contribution is 7.80. The molecule has 0 atom stereocenters. The van der Waals surface area contributed by atoms with Gasteiger partial charge in [0.1, 0.15) is 5.76 Å². The number of amides is 2. The number of carbonyl (C=O) groups is 2. The van der Waals surface area contributed by atoms with Crippen LogP contribution in [-0.4, -0.2) is 16.9 Å². The Hall–Kier alpha value is -3.45. The minimum atomic E-state index is -0.274. The third kappa shape index (κ3) is 5.05. The van der Waals surface area contributed by atoms with Gasteiger partial charge in [-0.1, -0.05) is 18.2 Å². The van der Waals surface area contributed by atoms with E-state index in [-0.39, 0.29) is 16.9 Å². The Morgan fingerprint density at radius 3 is 2.39 bits per heavy atom. The average molecular weight is 393 g/mol. The number of nitrogens with one attached hydrogen (secondary N) is 3. The lowest BCUT2D eigenvalue weighted by molar-refractivity contribution is 0.0946. The molecule has 3 aromatic rings. The van der Waals surface area contributed by atoms with E-state index >= 15 is 0 Å². The highest BCUT2D eigenvalue weighted by Crippen LogP contribution is 2.11. The van der Waals surface area contributed by atoms with Gasteiger partial charge in [0.05, 0.1) is 12.8 Å². The standard InChI is InChI=1S/C21H19N3O3S/c1-14-5-2-3-7-18(14)20(26)24-21(28)23-16-10-8-15(9-11-16)19(25)22-13-17-6-4-12-27-17/h2-12H,13H2,1H3,(H,22,25)(H2,23,24,26,28). The fourth-order valence-corrected chi connectivity index (χ4v) is 2.76. The van der Waals surface area contributed by atoms with Gasteiger partial charge < -0.3 is 15.1 Å². The zero-order valence-corrected chi connectivity index (χ0v) is 16.0. The summed E-state index contributed by atoms with van der Waals surface area (Å²) in [6.45, 7) is 2.18. The second-order valence-electron chi connectivity index (χ2n) is 6.06. The number of hydrogen-bond acceptors (Lipinski definition) is 4. The molecule has 0 radical (unpaired) electrons. The van der Waals surface area contributed by atoms with Gasteiger partial charge in [-0.2, -0.15) is 0 Å². The molecule has 1 heterocycles. The quantitative estimate of drug-likeness (QED) is 0.577. The van der Waals surface area contributed by atoms with Crippen LogP contribution in [0, 0.1) is 6.92 Å². The molecule has 2 amide bonds. The minimum Gasteiger partial charge on any atom is -0.467 e. The molecule has 0 aliphatic rings. The molecule has 3 N–H and O–H groups in total. The van der Waals surface area contributed by atoms with E-state index in [0.29, 0.717) is 29.1 Å². The van der Waals surface area contributed by atoms with Crippen LogP contribution in [0.4, 0.5) is 5.69 Å². The zero-order chi connectivity index (χ0) is 19.9. The van der Waals surface area contributed by atoms with E-state index in [2.05, 4.69) is 16.0 Å². The molecule has 1 aromatic heterocycles. The van der Waals surface area contributed by atoms with Gasteiger partial charge in [0, 0.05) is 16.8 Å². The van der Waals surface area contributed by atoms with Gasteiger partial charge in [0.2, 0.25) is 0 Å². The number of carbonyl (C=O) groups excluding carboxylic acids is 2. The minimum absolute atomic E-state index is 0.184. The van der Waals surface area contributed by atoms with Crippen LogP contribution in [0.15, 0.2) is 71.3 Å². The van der Waals surface area contributed by atoms with E-state index in [1.165, 1.54) is 0 Å². The molecular weight excluding hydrogens is 374 g/mol. The maximum Gasteiger partial charge on any atom is 0.257 e. The Morgan fingerprint density at radius 2 is 1.71 bits per heavy atom. The Labute approximate surface area is 167 Å². The van der Waals surface area contributed by atoms with Crippen molar-refractivity contribution < 1.29 is 14.0 Å². The molecule has 0 fully saturated rings. The van der Waals surface area contributed by atoms with E-state index in [0.717, 1.165) is 5.56 Å². The van der Waals surface area contributed by atoms with Gasteiger partial charge in [0.25, 0.3) is 11.8 Å². The maximum absolute atomic E-state index is 12.3. The molecule has 0 aliphatic heterocycles. The van der Waals surface area contributed by atoms with Crippen LogP contribution in [0.2, 0.25) is 0 Å². The molecule has 3 rings (SSSR count). The first kappa shape index (κ1) is 19.3. The van der Waals surface area contributed by atoms with Gasteiger partial charge >= 0.3 is 0 Å². The number of furan rings is 1. The number of aryl methyl sites for hydroxylation is 1. The second kappa shape index (κ2) is 8.96. The third-order valence-corrected chi connectivity index (χ3v) is 4.23. The first-order valence-corrected chi connectivity index (χ1v) is 9.02. The Bertz CT molecular complexity index is 982. The van der Waals surface area contributed by atoms with E-state index in [1.54, 1.807) is 54.8 Å². The highest BCUT2D eigenvalue weighted by atomic mass is 32.1. The molecule has 142 valence electrons. The molecule has 0 spiro atoms. The van der Waals surface area contributed by atoms with E-state index < -0.39 is 0 Å². The van der Waals surface area contributed by atoms with Crippen molar-refractivity contribution in [3.63, 3.8) is 0 Å². The fraction of sp³-hybridized carbons (Fsp3) is 0.0952. The SMILES string of the molecule is Cc1ccccc1C(=O)NC(=S)Nc1ccc(C(=O)NCc2ccco2)cc1. The van der Waals surface area contributed by atoms with Crippen molar-refractivity contribution in [1.82, 2.24) is 10.6 Å². The zero-order valence-electron chi connectivity index (χ0n) is 15.2. The smallest absolute Gasteiger partial charge is 0.257 e. The Morgan fingerprint density at radius 1 is 0.964 bits per heavy atom. The maximum atomic E-state index is 12.3. The Kier molecular flexibility index (Phi) is 6.18. The molecule has 28 heavy (non-hydrogen) atoms. The summed E-state index contributed by atoms with van der Waals surface area (Å²) in [5.41, 5.74) is 2.60. The van der Waals surface area contributed by atoms with Gasteiger partial charge in [-0.05, 0) is 67.2 Å². The predicted octanol–water partition coefficient (Wildman–Crippen LogP) is 3.64. The summed E-state index contributed by atoms with van der Waals surface area (Å²) in [7, 11) is 0. The molecule has 0 saturated heterocycles. The Balaban J connectivity index is 1.53. The van der Waals surface area contributed by atoms with Crippen molar-refractivity contribution >= 4 is 34.8 Å². The molecule has 0 aliphatic carbocycles. The third-order valence-electron chi connectivity index (χ3n) is 4.02. The summed E-state index contributed by atoms with van der Waals surface area (Å²) in [6.07, 6.45) is 1.56. The molecule has 6 nitrogen and oxygen atoms in total. The van der Waals surface area contributed by atoms with Crippen molar-refractivity contribution in [2.75, 3.05) is 5.32 Å². The molecule has 0 bridgehead atoms. The largest absolute Gasteiger partial charge is 0.467 e. The van der Waals surface area contributed by atoms with Crippen LogP contribution in [0.3, 0.4) is 0 Å². The fourth-order valence-electron chi connectivity index (χ4n) is 2.55. The normalized spacial score (nSPS) is 10.2. The van der Waals surface area contributed by atoms with Crippen LogP contribution in [0.25, 0.3) is 0 Å². The first-order chi connectivity index (χ1) is 13.5. The molecule has 0 unspecified atom stereocenters. The van der Waals surface area contributed by atoms with Crippen LogP contribution in [0.1, 0.15) is 32.0 Å². The number of benzene rings is 2. The van der Waals surface area contributed by atoms with Crippen molar-refractivity contribution in [1.29, 1.82) is 0 Å². The second-order valence-corrected chi connectivity index (χ2v) is 6.47. The number of thiocarbonyl (C=S) groups is 1. The van der Waals surface area contributed by atoms with Crippen LogP contribution >= 0.6 is 12.2 Å². The van der Waals surface area contributed by atoms with Crippen molar-refractivity contribution in [2.45, 2.75) is 13.5 Å². The summed E-state index contributed by atoms with van der Waals surface area (Å²) in [5, 5.41) is 8.54. The summed E-state index contributed by atoms with van der Waals surface area (Å²) in [4.78, 5) is 24.4. The monoisotopic (exact) mass is 393 g/mol. The van der Waals surface area contributed by atoms with Crippen LogP contribution < -0.4 is 16.0 Å². The van der Waals surface area contributed by atoms with Gasteiger partial charge in [-0.25, -0.2) is 0 Å². The van der Waals surface area contributed by atoms with Gasteiger partial charge in [-0.3, -0.25) is 14.9 Å². The molecule has 2 aromatic carbocycles. The highest BCUT2D eigenvalue weighted by Gasteiger charge is 2.11. The first-order valence-electron chi connectivity index (χ1n) is 8.61. The van der Waals surface area contributed by atoms with Crippen LogP contribution in [0.5, 0.6) is 0 Å². The van der Waals surface area contributed by atoms with Crippen LogP contribution in [-0.2, 0) is 6.54 Å². The lowest BCUT2D eigenvalue weighted by Crippen LogP contribution is -2.34. The van der Waals surface area contributed by atoms with E-state index in [1.807, 2.05) is 19.1 Å². The number of hydrogen-bond donors (Lipinski definition) is 3. The summed E-state index contributed by atoms with van der Waals surface area (Å²) in [6, 6.07) is 17.6. The summed E-state index contributed by atoms with van der Waals surface area (Å²) < 4.78 is 5.18. The molecular formula is C21H19N3O3S. The van der Waals surface area contributed by atoms with Crippen molar-refractivity contribution in [2.24, 2.45) is 0 Å². The van der Waals surface area contributed by atoms with E-state index in [4.69, 9.17) is 16.6 Å².